The van der Waals surface area contributed by atoms with Crippen LogP contribution in [0.5, 0.6) is 0 Å². The highest BCUT2D eigenvalue weighted by atomic mass is 19.4. The number of nitroso groups, excluding NO2 is 1. The summed E-state index contributed by atoms with van der Waals surface area (Å²) in [4.78, 5) is 10.0. The highest BCUT2D eigenvalue weighted by Crippen LogP contribution is 2.33. The van der Waals surface area contributed by atoms with Crippen molar-refractivity contribution in [2.75, 3.05) is 0 Å². The van der Waals surface area contributed by atoms with E-state index >= 15 is 0 Å². The van der Waals surface area contributed by atoms with Crippen molar-refractivity contribution in [3.8, 4) is 0 Å². The lowest BCUT2D eigenvalue weighted by Crippen LogP contribution is -2.01. The molecule has 1 aromatic heterocycles. The van der Waals surface area contributed by atoms with Crippen LogP contribution in [0.2, 0.25) is 0 Å². The molecule has 16 heavy (non-hydrogen) atoms. The Hall–Kier alpha value is -1.85. The Bertz CT molecular complexity index is 530. The zero-order chi connectivity index (χ0) is 11.8. The van der Waals surface area contributed by atoms with E-state index in [0.717, 1.165) is 6.07 Å². The van der Waals surface area contributed by atoms with E-state index in [0.29, 0.717) is 10.9 Å². The summed E-state index contributed by atoms with van der Waals surface area (Å²) in [5, 5.41) is 2.98. The first-order valence-electron chi connectivity index (χ1n) is 4.39. The molecule has 2 aromatic rings. The van der Waals surface area contributed by atoms with Crippen LogP contribution in [0.4, 0.5) is 13.2 Å². The van der Waals surface area contributed by atoms with Gasteiger partial charge in [0.25, 0.3) is 0 Å². The van der Waals surface area contributed by atoms with Gasteiger partial charge in [0, 0.05) is 5.39 Å². The number of hydrogen-bond acceptors (Lipinski definition) is 3. The largest absolute Gasteiger partial charge is 0.452 e. The van der Waals surface area contributed by atoms with Crippen molar-refractivity contribution in [1.82, 2.24) is 0 Å². The summed E-state index contributed by atoms with van der Waals surface area (Å²) in [6.45, 7) is -0.0670. The quantitative estimate of drug-likeness (QED) is 0.736. The number of alkyl halides is 3. The zero-order valence-electron chi connectivity index (χ0n) is 7.91. The second kappa shape index (κ2) is 3.62. The predicted molar refractivity (Wildman–Crippen MR) is 50.7 cm³/mol. The van der Waals surface area contributed by atoms with E-state index in [1.807, 2.05) is 0 Å². The Morgan fingerprint density at radius 2 is 2.00 bits per heavy atom. The zero-order valence-corrected chi connectivity index (χ0v) is 7.91. The van der Waals surface area contributed by atoms with E-state index < -0.39 is 11.9 Å². The monoisotopic (exact) mass is 229 g/mol. The number of halogens is 3. The topological polar surface area (TPSA) is 42.6 Å². The van der Waals surface area contributed by atoms with Crippen LogP contribution in [-0.2, 0) is 12.7 Å². The van der Waals surface area contributed by atoms with Gasteiger partial charge in [-0.05, 0) is 23.8 Å². The first kappa shape index (κ1) is 10.7. The summed E-state index contributed by atoms with van der Waals surface area (Å²) in [6, 6.07) is 5.26. The molecule has 0 saturated heterocycles. The third-order valence-electron chi connectivity index (χ3n) is 2.11. The van der Waals surface area contributed by atoms with Gasteiger partial charge in [-0.25, -0.2) is 0 Å². The van der Waals surface area contributed by atoms with E-state index in [1.165, 1.54) is 18.2 Å². The Labute approximate surface area is 87.8 Å². The maximum atomic E-state index is 12.3. The van der Waals surface area contributed by atoms with Crippen molar-refractivity contribution in [3.05, 3.63) is 40.5 Å². The fourth-order valence-electron chi connectivity index (χ4n) is 1.41. The first-order chi connectivity index (χ1) is 7.50. The fourth-order valence-corrected chi connectivity index (χ4v) is 1.41. The summed E-state index contributed by atoms with van der Waals surface area (Å²) >= 11 is 0. The van der Waals surface area contributed by atoms with Crippen LogP contribution in [-0.4, -0.2) is 0 Å². The molecule has 0 aliphatic carbocycles. The predicted octanol–water partition coefficient (Wildman–Crippen LogP) is 3.72. The van der Waals surface area contributed by atoms with E-state index in [-0.39, 0.29) is 12.1 Å². The van der Waals surface area contributed by atoms with Crippen molar-refractivity contribution < 1.29 is 17.6 Å². The minimum atomic E-state index is -4.50. The minimum absolute atomic E-state index is 0.0670. The lowest BCUT2D eigenvalue weighted by molar-refractivity contribution is -0.152. The standard InChI is InChI=1S/C10H6F3NO2/c11-10(12,13)9-4-7-3-6(5-14-15)1-2-8(7)16-9/h1-4H,5H2. The van der Waals surface area contributed by atoms with E-state index in [1.54, 1.807) is 0 Å². The molecule has 0 bridgehead atoms. The number of nitrogens with zero attached hydrogens (tertiary/aromatic N) is 1. The average molecular weight is 229 g/mol. The van der Waals surface area contributed by atoms with E-state index in [2.05, 4.69) is 9.59 Å². The molecule has 0 unspecified atom stereocenters. The maximum Gasteiger partial charge on any atom is 0.449 e. The number of fused-ring (bicyclic) bond motifs is 1. The molecular formula is C10H6F3NO2. The molecule has 0 saturated carbocycles. The smallest absolute Gasteiger partial charge is 0.449 e. The Morgan fingerprint density at radius 3 is 2.62 bits per heavy atom. The van der Waals surface area contributed by atoms with Crippen molar-refractivity contribution in [2.24, 2.45) is 5.18 Å². The second-order valence-electron chi connectivity index (χ2n) is 3.27. The molecule has 0 spiro atoms. The van der Waals surface area contributed by atoms with Gasteiger partial charge in [-0.15, -0.1) is 0 Å². The van der Waals surface area contributed by atoms with Gasteiger partial charge >= 0.3 is 6.18 Å². The SMILES string of the molecule is O=NCc1ccc2oc(C(F)(F)F)cc2c1. The molecule has 1 heterocycles. The lowest BCUT2D eigenvalue weighted by Gasteiger charge is -1.98. The van der Waals surface area contributed by atoms with Crippen LogP contribution in [0.15, 0.2) is 33.9 Å². The number of rotatable bonds is 2. The van der Waals surface area contributed by atoms with Gasteiger partial charge in [-0.2, -0.15) is 18.1 Å². The second-order valence-corrected chi connectivity index (χ2v) is 3.27. The molecule has 0 amide bonds. The molecule has 84 valence electrons. The summed E-state index contributed by atoms with van der Waals surface area (Å²) in [6.07, 6.45) is -4.50. The molecule has 3 nitrogen and oxygen atoms in total. The number of hydrogen-bond donors (Lipinski definition) is 0. The maximum absolute atomic E-state index is 12.3. The van der Waals surface area contributed by atoms with Crippen LogP contribution in [0.3, 0.4) is 0 Å². The molecule has 0 aliphatic rings. The minimum Gasteiger partial charge on any atom is -0.452 e. The van der Waals surface area contributed by atoms with Crippen LogP contribution < -0.4 is 0 Å². The van der Waals surface area contributed by atoms with Gasteiger partial charge in [0.05, 0.1) is 0 Å². The molecule has 2 rings (SSSR count). The summed E-state index contributed by atoms with van der Waals surface area (Å²) in [5.74, 6) is -1.04. The lowest BCUT2D eigenvalue weighted by atomic mass is 10.1. The third kappa shape index (κ3) is 1.91. The molecule has 6 heteroatoms. The van der Waals surface area contributed by atoms with Crippen LogP contribution in [0, 0.1) is 4.91 Å². The molecular weight excluding hydrogens is 223 g/mol. The molecule has 0 fully saturated rings. The Kier molecular flexibility index (Phi) is 2.41. The molecule has 0 N–H and O–H groups in total. The highest BCUT2D eigenvalue weighted by molar-refractivity contribution is 5.78. The molecule has 0 radical (unpaired) electrons. The Balaban J connectivity index is 2.50. The van der Waals surface area contributed by atoms with Crippen LogP contribution in [0.1, 0.15) is 11.3 Å². The van der Waals surface area contributed by atoms with E-state index in [4.69, 9.17) is 0 Å². The fraction of sp³-hybridized carbons (Fsp3) is 0.200. The highest BCUT2D eigenvalue weighted by Gasteiger charge is 2.35. The van der Waals surface area contributed by atoms with Crippen molar-refractivity contribution in [1.29, 1.82) is 0 Å². The van der Waals surface area contributed by atoms with Gasteiger partial charge in [0.1, 0.15) is 12.1 Å². The van der Waals surface area contributed by atoms with Crippen molar-refractivity contribution in [3.63, 3.8) is 0 Å². The number of benzene rings is 1. The molecule has 1 aromatic carbocycles. The van der Waals surface area contributed by atoms with Crippen LogP contribution >= 0.6 is 0 Å². The Morgan fingerprint density at radius 1 is 1.25 bits per heavy atom. The van der Waals surface area contributed by atoms with Crippen LogP contribution in [0.25, 0.3) is 11.0 Å². The van der Waals surface area contributed by atoms with Gasteiger partial charge in [0.2, 0.25) is 5.76 Å². The van der Waals surface area contributed by atoms with Gasteiger partial charge < -0.3 is 4.42 Å². The van der Waals surface area contributed by atoms with E-state index in [9.17, 15) is 18.1 Å². The normalized spacial score (nSPS) is 11.9. The van der Waals surface area contributed by atoms with Crippen molar-refractivity contribution >= 4 is 11.0 Å². The van der Waals surface area contributed by atoms with Gasteiger partial charge in [-0.3, -0.25) is 0 Å². The summed E-state index contributed by atoms with van der Waals surface area (Å²) in [5.41, 5.74) is 0.694. The summed E-state index contributed by atoms with van der Waals surface area (Å²) in [7, 11) is 0. The first-order valence-corrected chi connectivity index (χ1v) is 4.39. The number of furan rings is 1. The molecule has 0 atom stereocenters. The summed E-state index contributed by atoms with van der Waals surface area (Å²) < 4.78 is 41.6. The van der Waals surface area contributed by atoms with Gasteiger partial charge in [0.15, 0.2) is 0 Å². The van der Waals surface area contributed by atoms with Gasteiger partial charge in [-0.1, -0.05) is 11.2 Å². The average Bonchev–Trinajstić information content (AvgIpc) is 2.60. The van der Waals surface area contributed by atoms with Crippen molar-refractivity contribution in [2.45, 2.75) is 12.7 Å². The third-order valence-corrected chi connectivity index (χ3v) is 2.11. The molecule has 0 aliphatic heterocycles.